The van der Waals surface area contributed by atoms with Gasteiger partial charge in [0.15, 0.2) is 0 Å². The largest absolute Gasteiger partial charge is 0.316 e. The van der Waals surface area contributed by atoms with Crippen LogP contribution in [0.4, 0.5) is 0 Å². The Morgan fingerprint density at radius 1 is 0.833 bits per heavy atom. The highest BCUT2D eigenvalue weighted by Gasteiger charge is 2.41. The van der Waals surface area contributed by atoms with Gasteiger partial charge >= 0.3 is 0 Å². The molecule has 2 heterocycles. The molecular formula is C18H21ClN2O2S. The summed E-state index contributed by atoms with van der Waals surface area (Å²) in [5.41, 5.74) is 2.13. The summed E-state index contributed by atoms with van der Waals surface area (Å²) in [5, 5.41) is 3.34. The van der Waals surface area contributed by atoms with Gasteiger partial charge in [-0.15, -0.1) is 12.4 Å². The molecule has 1 N–H and O–H groups in total. The fourth-order valence-corrected chi connectivity index (χ4v) is 5.16. The van der Waals surface area contributed by atoms with E-state index in [2.05, 4.69) is 5.32 Å². The third-order valence-corrected chi connectivity index (χ3v) is 6.80. The topological polar surface area (TPSA) is 49.4 Å². The minimum Gasteiger partial charge on any atom is -0.316 e. The van der Waals surface area contributed by atoms with Crippen molar-refractivity contribution in [3.63, 3.8) is 0 Å². The Kier molecular flexibility index (Phi) is 4.97. The summed E-state index contributed by atoms with van der Waals surface area (Å²) >= 11 is 0. The molecule has 2 aromatic rings. The van der Waals surface area contributed by atoms with Crippen molar-refractivity contribution in [3.05, 3.63) is 54.6 Å². The van der Waals surface area contributed by atoms with Gasteiger partial charge in [-0.1, -0.05) is 42.5 Å². The lowest BCUT2D eigenvalue weighted by atomic mass is 10.0. The first-order valence-corrected chi connectivity index (χ1v) is 9.45. The molecule has 0 amide bonds. The lowest BCUT2D eigenvalue weighted by Gasteiger charge is -2.17. The Morgan fingerprint density at radius 2 is 1.38 bits per heavy atom. The van der Waals surface area contributed by atoms with Crippen LogP contribution in [0.2, 0.25) is 0 Å². The van der Waals surface area contributed by atoms with Crippen LogP contribution in [0.25, 0.3) is 11.1 Å². The summed E-state index contributed by atoms with van der Waals surface area (Å²) in [7, 11) is -3.37. The number of sulfonamides is 1. The Morgan fingerprint density at radius 3 is 1.96 bits per heavy atom. The van der Waals surface area contributed by atoms with Crippen LogP contribution in [-0.2, 0) is 10.0 Å². The van der Waals surface area contributed by atoms with Crippen molar-refractivity contribution in [1.82, 2.24) is 9.62 Å². The maximum atomic E-state index is 12.8. The minimum absolute atomic E-state index is 0. The second-order valence-corrected chi connectivity index (χ2v) is 8.33. The third kappa shape index (κ3) is 3.09. The highest BCUT2D eigenvalue weighted by atomic mass is 35.5. The molecule has 2 saturated heterocycles. The zero-order chi connectivity index (χ0) is 15.9. The van der Waals surface area contributed by atoms with E-state index in [4.69, 9.17) is 0 Å². The van der Waals surface area contributed by atoms with E-state index in [9.17, 15) is 8.42 Å². The van der Waals surface area contributed by atoms with Gasteiger partial charge in [0.1, 0.15) is 0 Å². The van der Waals surface area contributed by atoms with E-state index in [0.29, 0.717) is 29.8 Å². The average Bonchev–Trinajstić information content (AvgIpc) is 3.18. The van der Waals surface area contributed by atoms with Crippen molar-refractivity contribution in [2.45, 2.75) is 4.90 Å². The van der Waals surface area contributed by atoms with Crippen LogP contribution in [-0.4, -0.2) is 38.9 Å². The molecule has 2 aliphatic heterocycles. The van der Waals surface area contributed by atoms with Gasteiger partial charge in [-0.2, -0.15) is 4.31 Å². The van der Waals surface area contributed by atoms with Crippen molar-refractivity contribution in [2.75, 3.05) is 26.2 Å². The van der Waals surface area contributed by atoms with Gasteiger partial charge in [0.25, 0.3) is 0 Å². The zero-order valence-corrected chi connectivity index (χ0v) is 14.9. The summed E-state index contributed by atoms with van der Waals surface area (Å²) in [6.07, 6.45) is 0. The number of rotatable bonds is 3. The SMILES string of the molecule is Cl.O=S(=O)(c1ccc(-c2ccccc2)cc1)N1C[C@H]2CNC[C@H]2C1. The summed E-state index contributed by atoms with van der Waals surface area (Å²) in [6.45, 7) is 3.15. The van der Waals surface area contributed by atoms with Crippen LogP contribution in [0, 0.1) is 11.8 Å². The van der Waals surface area contributed by atoms with E-state index < -0.39 is 10.0 Å². The van der Waals surface area contributed by atoms with Gasteiger partial charge in [-0.05, 0) is 48.2 Å². The molecule has 128 valence electrons. The minimum atomic E-state index is -3.37. The van der Waals surface area contributed by atoms with Crippen LogP contribution in [0.1, 0.15) is 0 Å². The van der Waals surface area contributed by atoms with Gasteiger partial charge < -0.3 is 5.32 Å². The summed E-state index contributed by atoms with van der Waals surface area (Å²) in [4.78, 5) is 0.394. The smallest absolute Gasteiger partial charge is 0.243 e. The fourth-order valence-electron chi connectivity index (χ4n) is 3.61. The molecule has 24 heavy (non-hydrogen) atoms. The quantitative estimate of drug-likeness (QED) is 0.910. The van der Waals surface area contributed by atoms with Crippen LogP contribution < -0.4 is 5.32 Å². The monoisotopic (exact) mass is 364 g/mol. The van der Waals surface area contributed by atoms with E-state index >= 15 is 0 Å². The van der Waals surface area contributed by atoms with Gasteiger partial charge in [0, 0.05) is 13.1 Å². The molecule has 4 rings (SSSR count). The van der Waals surface area contributed by atoms with E-state index in [1.807, 2.05) is 42.5 Å². The second kappa shape index (κ2) is 6.84. The summed E-state index contributed by atoms with van der Waals surface area (Å²) in [5.74, 6) is 0.932. The predicted molar refractivity (Wildman–Crippen MR) is 97.7 cm³/mol. The zero-order valence-electron chi connectivity index (χ0n) is 13.3. The van der Waals surface area contributed by atoms with Gasteiger partial charge in [0.2, 0.25) is 10.0 Å². The molecule has 0 radical (unpaired) electrons. The predicted octanol–water partition coefficient (Wildman–Crippen LogP) is 2.62. The lowest BCUT2D eigenvalue weighted by molar-refractivity contribution is 0.448. The van der Waals surface area contributed by atoms with E-state index in [-0.39, 0.29) is 12.4 Å². The van der Waals surface area contributed by atoms with Gasteiger partial charge in [-0.3, -0.25) is 0 Å². The molecule has 0 bridgehead atoms. The Balaban J connectivity index is 0.00000169. The van der Waals surface area contributed by atoms with Crippen LogP contribution in [0.5, 0.6) is 0 Å². The van der Waals surface area contributed by atoms with E-state index in [1.54, 1.807) is 16.4 Å². The summed E-state index contributed by atoms with van der Waals surface area (Å²) < 4.78 is 27.3. The number of hydrogen-bond acceptors (Lipinski definition) is 3. The molecule has 2 aliphatic rings. The lowest BCUT2D eigenvalue weighted by Crippen LogP contribution is -2.31. The number of fused-ring (bicyclic) bond motifs is 1. The number of nitrogens with one attached hydrogen (secondary N) is 1. The standard InChI is InChI=1S/C18H20N2O2S.ClH/c21-23(22,20-12-16-10-19-11-17(16)13-20)18-8-6-15(7-9-18)14-4-2-1-3-5-14;/h1-9,16-17,19H,10-13H2;1H/t16-,17+;. The summed E-state index contributed by atoms with van der Waals surface area (Å²) in [6, 6.07) is 17.2. The molecule has 4 nitrogen and oxygen atoms in total. The molecule has 0 aromatic heterocycles. The maximum absolute atomic E-state index is 12.8. The van der Waals surface area contributed by atoms with Crippen molar-refractivity contribution in [3.8, 4) is 11.1 Å². The van der Waals surface area contributed by atoms with Crippen molar-refractivity contribution in [1.29, 1.82) is 0 Å². The Hall–Kier alpha value is -1.40. The number of hydrogen-bond donors (Lipinski definition) is 1. The van der Waals surface area contributed by atoms with Crippen molar-refractivity contribution < 1.29 is 8.42 Å². The molecule has 6 heteroatoms. The van der Waals surface area contributed by atoms with Gasteiger partial charge in [-0.25, -0.2) is 8.42 Å². The molecule has 0 aliphatic carbocycles. The van der Waals surface area contributed by atoms with E-state index in [0.717, 1.165) is 24.2 Å². The molecule has 2 atom stereocenters. The van der Waals surface area contributed by atoms with Crippen molar-refractivity contribution in [2.24, 2.45) is 11.8 Å². The Labute approximate surface area is 149 Å². The van der Waals surface area contributed by atoms with Crippen LogP contribution >= 0.6 is 12.4 Å². The first-order chi connectivity index (χ1) is 11.1. The number of halogens is 1. The van der Waals surface area contributed by atoms with Crippen LogP contribution in [0.15, 0.2) is 59.5 Å². The second-order valence-electron chi connectivity index (χ2n) is 6.39. The Bertz CT molecular complexity index is 782. The third-order valence-electron chi connectivity index (χ3n) is 4.96. The molecule has 2 fully saturated rings. The fraction of sp³-hybridized carbons (Fsp3) is 0.333. The molecule has 2 aromatic carbocycles. The van der Waals surface area contributed by atoms with Crippen LogP contribution in [0.3, 0.4) is 0 Å². The maximum Gasteiger partial charge on any atom is 0.243 e. The molecule has 0 saturated carbocycles. The van der Waals surface area contributed by atoms with Gasteiger partial charge in [0.05, 0.1) is 4.90 Å². The van der Waals surface area contributed by atoms with Crippen molar-refractivity contribution >= 4 is 22.4 Å². The van der Waals surface area contributed by atoms with E-state index in [1.165, 1.54) is 0 Å². The normalized spacial score (nSPS) is 23.7. The first kappa shape index (κ1) is 17.4. The molecular weight excluding hydrogens is 344 g/mol. The average molecular weight is 365 g/mol. The highest BCUT2D eigenvalue weighted by Crippen LogP contribution is 2.31. The number of nitrogens with zero attached hydrogens (tertiary/aromatic N) is 1. The highest BCUT2D eigenvalue weighted by molar-refractivity contribution is 7.89. The molecule has 0 unspecified atom stereocenters. The molecule has 0 spiro atoms. The first-order valence-electron chi connectivity index (χ1n) is 8.01. The number of benzene rings is 2.